The molecule has 0 spiro atoms. The lowest BCUT2D eigenvalue weighted by Gasteiger charge is -2.01. The molecule has 0 radical (unpaired) electrons. The van der Waals surface area contributed by atoms with Gasteiger partial charge in [0.25, 0.3) is 0 Å². The lowest BCUT2D eigenvalue weighted by molar-refractivity contribution is 0.104. The zero-order valence-electron chi connectivity index (χ0n) is 11.3. The van der Waals surface area contributed by atoms with E-state index in [9.17, 15) is 4.79 Å². The van der Waals surface area contributed by atoms with Gasteiger partial charge in [0.05, 0.1) is 16.9 Å². The van der Waals surface area contributed by atoms with Crippen LogP contribution >= 0.6 is 11.3 Å². The Bertz CT molecular complexity index is 474. The van der Waals surface area contributed by atoms with E-state index in [1.807, 2.05) is 44.9 Å². The molecule has 5 nitrogen and oxygen atoms in total. The summed E-state index contributed by atoms with van der Waals surface area (Å²) in [6.07, 6.45) is 4.94. The molecule has 0 aromatic carbocycles. The van der Waals surface area contributed by atoms with Crippen LogP contribution in [0.15, 0.2) is 17.3 Å². The molecule has 6 heteroatoms. The summed E-state index contributed by atoms with van der Waals surface area (Å²) in [5, 5.41) is 0.600. The van der Waals surface area contributed by atoms with Crippen LogP contribution < -0.4 is 0 Å². The summed E-state index contributed by atoms with van der Waals surface area (Å²) in [6, 6.07) is 0. The number of allylic oxidation sites excluding steroid dienone is 1. The third kappa shape index (κ3) is 4.29. The fourth-order valence-corrected chi connectivity index (χ4v) is 1.95. The molecule has 0 aliphatic heterocycles. The summed E-state index contributed by atoms with van der Waals surface area (Å²) in [4.78, 5) is 24.6. The number of aryl methyl sites for hydroxylation is 1. The monoisotopic (exact) mass is 266 g/mol. The molecule has 0 N–H and O–H groups in total. The summed E-state index contributed by atoms with van der Waals surface area (Å²) in [5.41, 5.74) is 0.722. The van der Waals surface area contributed by atoms with Gasteiger partial charge in [-0.2, -0.15) is 0 Å². The molecular formula is C12H18N4OS. The van der Waals surface area contributed by atoms with Crippen LogP contribution in [0.25, 0.3) is 0 Å². The Labute approximate surface area is 111 Å². The minimum atomic E-state index is -0.0370. The van der Waals surface area contributed by atoms with Crippen LogP contribution in [-0.2, 0) is 0 Å². The SMILES string of the molecule is Cc1nc(/N=C/N(C)C)sc1C(=O)/C=C/N(C)C. The molecule has 1 rings (SSSR count). The lowest BCUT2D eigenvalue weighted by Crippen LogP contribution is -2.06. The van der Waals surface area contributed by atoms with Crippen molar-refractivity contribution in [3.8, 4) is 0 Å². The molecule has 0 aliphatic rings. The van der Waals surface area contributed by atoms with Crippen LogP contribution in [0.3, 0.4) is 0 Å². The van der Waals surface area contributed by atoms with Gasteiger partial charge in [-0.1, -0.05) is 11.3 Å². The fourth-order valence-electron chi connectivity index (χ4n) is 1.12. The zero-order chi connectivity index (χ0) is 13.7. The van der Waals surface area contributed by atoms with E-state index in [-0.39, 0.29) is 5.78 Å². The second kappa shape index (κ2) is 6.30. The van der Waals surface area contributed by atoms with Crippen molar-refractivity contribution in [3.05, 3.63) is 22.8 Å². The lowest BCUT2D eigenvalue weighted by atomic mass is 10.3. The van der Waals surface area contributed by atoms with E-state index < -0.39 is 0 Å². The molecule has 1 heterocycles. The van der Waals surface area contributed by atoms with Gasteiger partial charge in [-0.15, -0.1) is 0 Å². The molecule has 0 unspecified atom stereocenters. The van der Waals surface area contributed by atoms with E-state index in [0.717, 1.165) is 5.69 Å². The first kappa shape index (κ1) is 14.4. The third-order valence-electron chi connectivity index (χ3n) is 1.93. The average Bonchev–Trinajstić information content (AvgIpc) is 2.64. The smallest absolute Gasteiger partial charge is 0.211 e. The fraction of sp³-hybridized carbons (Fsp3) is 0.417. The van der Waals surface area contributed by atoms with Crippen LogP contribution in [0.1, 0.15) is 15.4 Å². The minimum Gasteiger partial charge on any atom is -0.383 e. The third-order valence-corrected chi connectivity index (χ3v) is 3.01. The van der Waals surface area contributed by atoms with Crippen molar-refractivity contribution in [1.82, 2.24) is 14.8 Å². The Kier molecular flexibility index (Phi) is 5.03. The molecule has 0 fully saturated rings. The van der Waals surface area contributed by atoms with Crippen LogP contribution in [0, 0.1) is 6.92 Å². The molecule has 0 saturated carbocycles. The van der Waals surface area contributed by atoms with Gasteiger partial charge < -0.3 is 9.80 Å². The molecule has 98 valence electrons. The number of hydrogen-bond donors (Lipinski definition) is 0. The predicted octanol–water partition coefficient (Wildman–Crippen LogP) is 1.93. The number of ketones is 1. The molecule has 1 aromatic rings. The highest BCUT2D eigenvalue weighted by atomic mass is 32.1. The molecular weight excluding hydrogens is 248 g/mol. The number of aliphatic imine (C=N–C) groups is 1. The second-order valence-corrected chi connectivity index (χ2v) is 5.24. The zero-order valence-corrected chi connectivity index (χ0v) is 12.2. The van der Waals surface area contributed by atoms with E-state index in [2.05, 4.69) is 9.98 Å². The number of thiazole rings is 1. The molecule has 0 atom stereocenters. The first-order valence-electron chi connectivity index (χ1n) is 5.47. The Morgan fingerprint density at radius 1 is 1.28 bits per heavy atom. The van der Waals surface area contributed by atoms with Gasteiger partial charge in [0, 0.05) is 40.5 Å². The van der Waals surface area contributed by atoms with Crippen molar-refractivity contribution in [2.45, 2.75) is 6.92 Å². The van der Waals surface area contributed by atoms with Crippen molar-refractivity contribution < 1.29 is 4.79 Å². The van der Waals surface area contributed by atoms with Crippen molar-refractivity contribution in [2.24, 2.45) is 4.99 Å². The topological polar surface area (TPSA) is 48.8 Å². The van der Waals surface area contributed by atoms with E-state index >= 15 is 0 Å². The van der Waals surface area contributed by atoms with E-state index in [1.165, 1.54) is 11.3 Å². The maximum Gasteiger partial charge on any atom is 0.211 e. The Morgan fingerprint density at radius 3 is 2.50 bits per heavy atom. The van der Waals surface area contributed by atoms with Gasteiger partial charge >= 0.3 is 0 Å². The first-order chi connectivity index (χ1) is 8.40. The Balaban J connectivity index is 2.88. The van der Waals surface area contributed by atoms with E-state index in [0.29, 0.717) is 10.0 Å². The predicted molar refractivity (Wildman–Crippen MR) is 75.8 cm³/mol. The maximum absolute atomic E-state index is 11.9. The first-order valence-corrected chi connectivity index (χ1v) is 6.29. The van der Waals surface area contributed by atoms with Crippen molar-refractivity contribution in [2.75, 3.05) is 28.2 Å². The van der Waals surface area contributed by atoms with Crippen molar-refractivity contribution in [1.29, 1.82) is 0 Å². The largest absolute Gasteiger partial charge is 0.383 e. The summed E-state index contributed by atoms with van der Waals surface area (Å²) in [7, 11) is 7.51. The highest BCUT2D eigenvalue weighted by Crippen LogP contribution is 2.25. The van der Waals surface area contributed by atoms with Crippen molar-refractivity contribution in [3.63, 3.8) is 0 Å². The standard InChI is InChI=1S/C12H18N4OS/c1-9-11(10(17)6-7-15(2)3)18-12(14-9)13-8-16(4)5/h6-8H,1-5H3/b7-6+,13-8+. The number of nitrogens with zero attached hydrogens (tertiary/aromatic N) is 4. The van der Waals surface area contributed by atoms with Gasteiger partial charge in [0.1, 0.15) is 0 Å². The van der Waals surface area contributed by atoms with Gasteiger partial charge in [0.2, 0.25) is 5.13 Å². The van der Waals surface area contributed by atoms with Gasteiger partial charge in [-0.25, -0.2) is 9.98 Å². The highest BCUT2D eigenvalue weighted by molar-refractivity contribution is 7.17. The van der Waals surface area contributed by atoms with Gasteiger partial charge in [-0.05, 0) is 6.92 Å². The van der Waals surface area contributed by atoms with Crippen LogP contribution in [0.2, 0.25) is 0 Å². The van der Waals surface area contributed by atoms with Crippen molar-refractivity contribution >= 4 is 28.6 Å². The summed E-state index contributed by atoms with van der Waals surface area (Å²) in [5.74, 6) is -0.0370. The summed E-state index contributed by atoms with van der Waals surface area (Å²) >= 11 is 1.31. The molecule has 1 aromatic heterocycles. The van der Waals surface area contributed by atoms with E-state index in [1.54, 1.807) is 18.6 Å². The molecule has 0 saturated heterocycles. The van der Waals surface area contributed by atoms with Gasteiger partial charge in [0.15, 0.2) is 5.78 Å². The number of aromatic nitrogens is 1. The number of carbonyl (C=O) groups is 1. The highest BCUT2D eigenvalue weighted by Gasteiger charge is 2.12. The van der Waals surface area contributed by atoms with Crippen LogP contribution in [0.5, 0.6) is 0 Å². The van der Waals surface area contributed by atoms with Crippen LogP contribution in [-0.4, -0.2) is 55.1 Å². The molecule has 0 bridgehead atoms. The Morgan fingerprint density at radius 2 is 1.94 bits per heavy atom. The van der Waals surface area contributed by atoms with Gasteiger partial charge in [-0.3, -0.25) is 4.79 Å². The quantitative estimate of drug-likeness (QED) is 0.354. The summed E-state index contributed by atoms with van der Waals surface area (Å²) < 4.78 is 0. The van der Waals surface area contributed by atoms with Crippen LogP contribution in [0.4, 0.5) is 5.13 Å². The normalized spacial score (nSPS) is 11.4. The molecule has 0 amide bonds. The molecule has 0 aliphatic carbocycles. The number of carbonyl (C=O) groups excluding carboxylic acids is 1. The average molecular weight is 266 g/mol. The summed E-state index contributed by atoms with van der Waals surface area (Å²) in [6.45, 7) is 1.82. The number of hydrogen-bond acceptors (Lipinski definition) is 5. The molecule has 18 heavy (non-hydrogen) atoms. The minimum absolute atomic E-state index is 0.0370. The Hall–Kier alpha value is -1.69. The second-order valence-electron chi connectivity index (χ2n) is 4.26. The number of rotatable bonds is 5. The van der Waals surface area contributed by atoms with E-state index in [4.69, 9.17) is 0 Å². The maximum atomic E-state index is 11.9.